The maximum absolute atomic E-state index is 13.2. The highest BCUT2D eigenvalue weighted by molar-refractivity contribution is 5.77. The van der Waals surface area contributed by atoms with Crippen LogP contribution in [0.15, 0.2) is 46.1 Å². The molecule has 0 bridgehead atoms. The molecule has 30 heavy (non-hydrogen) atoms. The minimum absolute atomic E-state index is 0.151. The Labute approximate surface area is 172 Å². The SMILES string of the molecule is C=C(C)Cn1c(=O)c2c(nc3n(-c4cc(OC)ccc4OC)c(C)cn23)n(C)c1=O. The minimum atomic E-state index is -0.432. The van der Waals surface area contributed by atoms with E-state index in [1.807, 2.05) is 29.8 Å². The van der Waals surface area contributed by atoms with Gasteiger partial charge in [-0.3, -0.25) is 22.9 Å². The topological polar surface area (TPSA) is 84.7 Å². The van der Waals surface area contributed by atoms with E-state index in [1.54, 1.807) is 38.7 Å². The molecule has 0 saturated carbocycles. The smallest absolute Gasteiger partial charge is 0.332 e. The Bertz CT molecular complexity index is 1430. The van der Waals surface area contributed by atoms with Crippen molar-refractivity contribution in [1.29, 1.82) is 0 Å². The van der Waals surface area contributed by atoms with Gasteiger partial charge >= 0.3 is 5.69 Å². The summed E-state index contributed by atoms with van der Waals surface area (Å²) in [6, 6.07) is 5.45. The monoisotopic (exact) mass is 409 g/mol. The van der Waals surface area contributed by atoms with Crippen molar-refractivity contribution in [1.82, 2.24) is 23.1 Å². The molecule has 1 aromatic carbocycles. The van der Waals surface area contributed by atoms with Gasteiger partial charge in [0.25, 0.3) is 5.56 Å². The maximum Gasteiger partial charge on any atom is 0.332 e. The molecule has 0 amide bonds. The zero-order chi connectivity index (χ0) is 21.7. The van der Waals surface area contributed by atoms with Gasteiger partial charge < -0.3 is 9.47 Å². The number of methoxy groups -OCH3 is 2. The molecule has 0 aliphatic heterocycles. The van der Waals surface area contributed by atoms with Gasteiger partial charge in [0.2, 0.25) is 5.78 Å². The van der Waals surface area contributed by atoms with Crippen LogP contribution in [0, 0.1) is 6.92 Å². The van der Waals surface area contributed by atoms with Crippen molar-refractivity contribution < 1.29 is 9.47 Å². The van der Waals surface area contributed by atoms with E-state index in [0.29, 0.717) is 39.7 Å². The molecule has 0 spiro atoms. The first-order valence-electron chi connectivity index (χ1n) is 9.35. The van der Waals surface area contributed by atoms with Gasteiger partial charge in [-0.1, -0.05) is 12.2 Å². The lowest BCUT2D eigenvalue weighted by Gasteiger charge is -2.12. The van der Waals surface area contributed by atoms with Gasteiger partial charge in [-0.05, 0) is 26.0 Å². The standard InChI is InChI=1S/C21H23N5O4/c1-12(2)10-25-19(27)17-18(23(4)21(25)28)22-20-24(17)11-13(3)26(20)15-9-14(29-5)7-8-16(15)30-6/h7-9,11H,1,10H2,2-6H3. The zero-order valence-electron chi connectivity index (χ0n) is 17.6. The summed E-state index contributed by atoms with van der Waals surface area (Å²) in [5.74, 6) is 1.77. The van der Waals surface area contributed by atoms with Crippen LogP contribution in [-0.4, -0.2) is 37.3 Å². The Morgan fingerprint density at radius 1 is 1.20 bits per heavy atom. The molecular weight excluding hydrogens is 386 g/mol. The Hall–Kier alpha value is -3.75. The fourth-order valence-electron chi connectivity index (χ4n) is 3.69. The van der Waals surface area contributed by atoms with Crippen LogP contribution >= 0.6 is 0 Å². The van der Waals surface area contributed by atoms with Crippen LogP contribution in [0.3, 0.4) is 0 Å². The molecule has 0 radical (unpaired) electrons. The van der Waals surface area contributed by atoms with E-state index in [2.05, 4.69) is 11.6 Å². The summed E-state index contributed by atoms with van der Waals surface area (Å²) in [5, 5.41) is 0. The van der Waals surface area contributed by atoms with Crippen molar-refractivity contribution in [3.63, 3.8) is 0 Å². The van der Waals surface area contributed by atoms with E-state index in [0.717, 1.165) is 5.69 Å². The van der Waals surface area contributed by atoms with Gasteiger partial charge in [-0.15, -0.1) is 0 Å². The molecule has 0 unspecified atom stereocenters. The second kappa shape index (κ2) is 6.94. The van der Waals surface area contributed by atoms with Gasteiger partial charge in [0, 0.05) is 25.0 Å². The van der Waals surface area contributed by atoms with E-state index < -0.39 is 11.2 Å². The lowest BCUT2D eigenvalue weighted by Crippen LogP contribution is -2.39. The molecule has 0 aliphatic rings. The normalized spacial score (nSPS) is 11.4. The van der Waals surface area contributed by atoms with Gasteiger partial charge in [-0.2, -0.15) is 4.98 Å². The molecule has 0 aliphatic carbocycles. The average Bonchev–Trinajstić information content (AvgIpc) is 3.23. The second-order valence-electron chi connectivity index (χ2n) is 7.29. The number of imidazole rings is 2. The summed E-state index contributed by atoms with van der Waals surface area (Å²) in [6.45, 7) is 7.66. The Morgan fingerprint density at radius 2 is 1.93 bits per heavy atom. The number of rotatable bonds is 5. The predicted octanol–water partition coefficient (Wildman–Crippen LogP) is 2.04. The van der Waals surface area contributed by atoms with Crippen LogP contribution in [0.25, 0.3) is 22.6 Å². The molecule has 9 heteroatoms. The number of aryl methyl sites for hydroxylation is 2. The molecule has 0 N–H and O–H groups in total. The van der Waals surface area contributed by atoms with Crippen LogP contribution in [0.2, 0.25) is 0 Å². The summed E-state index contributed by atoms with van der Waals surface area (Å²) in [7, 11) is 4.78. The average molecular weight is 409 g/mol. The van der Waals surface area contributed by atoms with E-state index >= 15 is 0 Å². The van der Waals surface area contributed by atoms with Crippen LogP contribution in [0.5, 0.6) is 11.5 Å². The summed E-state index contributed by atoms with van der Waals surface area (Å²) in [6.07, 6.45) is 1.82. The molecule has 9 nitrogen and oxygen atoms in total. The molecule has 4 aromatic rings. The van der Waals surface area contributed by atoms with Gasteiger partial charge in [0.1, 0.15) is 11.5 Å². The van der Waals surface area contributed by atoms with Crippen molar-refractivity contribution in [2.75, 3.05) is 14.2 Å². The van der Waals surface area contributed by atoms with Crippen LogP contribution in [0.1, 0.15) is 12.6 Å². The Balaban J connectivity index is 2.13. The molecule has 0 atom stereocenters. The number of hydrogen-bond acceptors (Lipinski definition) is 5. The first-order chi connectivity index (χ1) is 14.3. The minimum Gasteiger partial charge on any atom is -0.497 e. The van der Waals surface area contributed by atoms with E-state index in [4.69, 9.17) is 9.47 Å². The van der Waals surface area contributed by atoms with Gasteiger partial charge in [-0.25, -0.2) is 4.79 Å². The number of hydrogen-bond donors (Lipinski definition) is 0. The molecule has 0 saturated heterocycles. The fraction of sp³-hybridized carbons (Fsp3) is 0.286. The van der Waals surface area contributed by atoms with E-state index in [9.17, 15) is 9.59 Å². The predicted molar refractivity (Wildman–Crippen MR) is 114 cm³/mol. The van der Waals surface area contributed by atoms with Crippen molar-refractivity contribution in [2.24, 2.45) is 7.05 Å². The number of ether oxygens (including phenoxy) is 2. The van der Waals surface area contributed by atoms with Crippen molar-refractivity contribution >= 4 is 16.9 Å². The van der Waals surface area contributed by atoms with Gasteiger partial charge in [0.15, 0.2) is 11.2 Å². The van der Waals surface area contributed by atoms with Crippen LogP contribution < -0.4 is 20.7 Å². The number of nitrogens with zero attached hydrogens (tertiary/aromatic N) is 5. The zero-order valence-corrected chi connectivity index (χ0v) is 17.6. The molecule has 0 fully saturated rings. The van der Waals surface area contributed by atoms with E-state index in [1.165, 1.54) is 9.13 Å². The first kappa shape index (κ1) is 19.6. The highest BCUT2D eigenvalue weighted by Crippen LogP contribution is 2.31. The summed E-state index contributed by atoms with van der Waals surface area (Å²) >= 11 is 0. The molecule has 156 valence electrons. The third-order valence-corrected chi connectivity index (χ3v) is 5.08. The molecule has 4 rings (SSSR count). The van der Waals surface area contributed by atoms with Crippen molar-refractivity contribution in [3.05, 3.63) is 63.1 Å². The largest absolute Gasteiger partial charge is 0.497 e. The number of benzene rings is 1. The van der Waals surface area contributed by atoms with Crippen LogP contribution in [-0.2, 0) is 13.6 Å². The summed E-state index contributed by atoms with van der Waals surface area (Å²) in [4.78, 5) is 30.6. The fourth-order valence-corrected chi connectivity index (χ4v) is 3.69. The molecule has 3 heterocycles. The summed E-state index contributed by atoms with van der Waals surface area (Å²) < 4.78 is 17.0. The van der Waals surface area contributed by atoms with Crippen molar-refractivity contribution in [2.45, 2.75) is 20.4 Å². The third-order valence-electron chi connectivity index (χ3n) is 5.08. The van der Waals surface area contributed by atoms with Crippen molar-refractivity contribution in [3.8, 4) is 17.2 Å². The summed E-state index contributed by atoms with van der Waals surface area (Å²) in [5.41, 5.74) is 2.07. The lowest BCUT2D eigenvalue weighted by molar-refractivity contribution is 0.401. The lowest BCUT2D eigenvalue weighted by atomic mass is 10.2. The Kier molecular flexibility index (Phi) is 4.53. The highest BCUT2D eigenvalue weighted by atomic mass is 16.5. The number of aromatic nitrogens is 5. The maximum atomic E-state index is 13.2. The van der Waals surface area contributed by atoms with E-state index in [-0.39, 0.29) is 6.54 Å². The highest BCUT2D eigenvalue weighted by Gasteiger charge is 2.22. The van der Waals surface area contributed by atoms with Gasteiger partial charge in [0.05, 0.1) is 26.5 Å². The Morgan fingerprint density at radius 3 is 2.57 bits per heavy atom. The molecule has 3 aromatic heterocycles. The number of fused-ring (bicyclic) bond motifs is 3. The number of allylic oxidation sites excluding steroid dienone is 1. The quantitative estimate of drug-likeness (QED) is 0.471. The van der Waals surface area contributed by atoms with Crippen LogP contribution in [0.4, 0.5) is 0 Å². The third kappa shape index (κ3) is 2.73. The molecular formula is C21H23N5O4. The first-order valence-corrected chi connectivity index (χ1v) is 9.35. The second-order valence-corrected chi connectivity index (χ2v) is 7.29.